The summed E-state index contributed by atoms with van der Waals surface area (Å²) in [7, 11) is 3.92. The molecule has 0 aromatic heterocycles. The molecule has 0 spiro atoms. The molecule has 22 heavy (non-hydrogen) atoms. The minimum atomic E-state index is -0.386. The van der Waals surface area contributed by atoms with E-state index in [1.165, 1.54) is 6.42 Å². The lowest BCUT2D eigenvalue weighted by Crippen LogP contribution is -2.50. The number of likely N-dealkylation sites (tertiary alicyclic amines) is 1. The van der Waals surface area contributed by atoms with Gasteiger partial charge >= 0.3 is 6.03 Å². The summed E-state index contributed by atoms with van der Waals surface area (Å²) in [4.78, 5) is 35.5. The van der Waals surface area contributed by atoms with Crippen LogP contribution in [0.25, 0.3) is 0 Å². The minimum absolute atomic E-state index is 0.0449. The lowest BCUT2D eigenvalue weighted by Gasteiger charge is -2.31. The molecular formula is C15H26N4O3. The van der Waals surface area contributed by atoms with Crippen molar-refractivity contribution in [2.45, 2.75) is 37.8 Å². The number of nitrogens with one attached hydrogen (secondary N) is 1. The molecule has 0 aromatic carbocycles. The first-order chi connectivity index (χ1) is 10.6. The molecule has 0 aliphatic carbocycles. The van der Waals surface area contributed by atoms with Crippen molar-refractivity contribution in [1.82, 2.24) is 20.2 Å². The highest BCUT2D eigenvalue weighted by molar-refractivity contribution is 5.88. The topological polar surface area (TPSA) is 65.1 Å². The fourth-order valence-corrected chi connectivity index (χ4v) is 3.82. The van der Waals surface area contributed by atoms with Gasteiger partial charge in [-0.25, -0.2) is 10.3 Å². The first-order valence-electron chi connectivity index (χ1n) is 8.20. The Labute approximate surface area is 131 Å². The molecule has 3 saturated heterocycles. The molecule has 0 aromatic rings. The number of amides is 3. The van der Waals surface area contributed by atoms with E-state index in [4.69, 9.17) is 4.84 Å². The Morgan fingerprint density at radius 1 is 1.27 bits per heavy atom. The van der Waals surface area contributed by atoms with Crippen LogP contribution in [0.15, 0.2) is 0 Å². The maximum Gasteiger partial charge on any atom is 0.320 e. The number of hydrogen-bond donors (Lipinski definition) is 1. The normalized spacial score (nSPS) is 32.5. The molecule has 3 heterocycles. The van der Waals surface area contributed by atoms with Crippen LogP contribution >= 0.6 is 0 Å². The quantitative estimate of drug-likeness (QED) is 0.757. The van der Waals surface area contributed by atoms with Gasteiger partial charge in [-0.1, -0.05) is 0 Å². The van der Waals surface area contributed by atoms with Crippen molar-refractivity contribution >= 4 is 11.9 Å². The van der Waals surface area contributed by atoms with Gasteiger partial charge in [0.1, 0.15) is 6.04 Å². The first-order valence-corrected chi connectivity index (χ1v) is 8.20. The van der Waals surface area contributed by atoms with Crippen LogP contribution in [0.5, 0.6) is 0 Å². The zero-order valence-corrected chi connectivity index (χ0v) is 13.5. The van der Waals surface area contributed by atoms with E-state index in [2.05, 4.69) is 17.4 Å². The van der Waals surface area contributed by atoms with Crippen molar-refractivity contribution < 1.29 is 14.4 Å². The molecule has 3 aliphatic heterocycles. The number of rotatable bonds is 4. The molecule has 124 valence electrons. The Morgan fingerprint density at radius 3 is 2.86 bits per heavy atom. The largest absolute Gasteiger partial charge is 0.323 e. The Bertz CT molecular complexity index is 445. The highest BCUT2D eigenvalue weighted by Gasteiger charge is 2.45. The highest BCUT2D eigenvalue weighted by Crippen LogP contribution is 2.28. The van der Waals surface area contributed by atoms with Crippen LogP contribution in [-0.2, 0) is 9.63 Å². The van der Waals surface area contributed by atoms with E-state index < -0.39 is 0 Å². The second kappa shape index (κ2) is 6.42. The Hall–Kier alpha value is -1.34. The summed E-state index contributed by atoms with van der Waals surface area (Å²) in [5.41, 5.74) is 2.56. The number of carbonyl (C=O) groups excluding carboxylic acids is 2. The van der Waals surface area contributed by atoms with Gasteiger partial charge in [-0.3, -0.25) is 9.63 Å². The first kappa shape index (κ1) is 15.6. The number of urea groups is 1. The zero-order valence-electron chi connectivity index (χ0n) is 13.5. The van der Waals surface area contributed by atoms with E-state index in [-0.39, 0.29) is 24.0 Å². The van der Waals surface area contributed by atoms with E-state index in [1.54, 1.807) is 9.80 Å². The van der Waals surface area contributed by atoms with Gasteiger partial charge in [0, 0.05) is 20.1 Å². The van der Waals surface area contributed by atoms with Gasteiger partial charge in [0.25, 0.3) is 5.91 Å². The van der Waals surface area contributed by atoms with Crippen LogP contribution in [0.4, 0.5) is 4.79 Å². The van der Waals surface area contributed by atoms with Gasteiger partial charge in [-0.2, -0.15) is 0 Å². The molecule has 7 heteroatoms. The minimum Gasteiger partial charge on any atom is -0.323 e. The van der Waals surface area contributed by atoms with Crippen molar-refractivity contribution in [3.63, 3.8) is 0 Å². The predicted octanol–water partition coefficient (Wildman–Crippen LogP) is 0.274. The van der Waals surface area contributed by atoms with Crippen LogP contribution in [0.2, 0.25) is 0 Å². The summed E-state index contributed by atoms with van der Waals surface area (Å²) in [6, 6.07) is -0.172. The maximum atomic E-state index is 12.3. The van der Waals surface area contributed by atoms with Gasteiger partial charge in [0.2, 0.25) is 0 Å². The smallest absolute Gasteiger partial charge is 0.320 e. The number of hydroxylamine groups is 1. The summed E-state index contributed by atoms with van der Waals surface area (Å²) in [6.45, 7) is 3.34. The second-order valence-electron chi connectivity index (χ2n) is 6.84. The summed E-state index contributed by atoms with van der Waals surface area (Å²) < 4.78 is 0. The number of hydrogen-bond acceptors (Lipinski definition) is 4. The van der Waals surface area contributed by atoms with E-state index in [9.17, 15) is 9.59 Å². The van der Waals surface area contributed by atoms with Crippen molar-refractivity contribution in [2.75, 3.05) is 40.3 Å². The lowest BCUT2D eigenvalue weighted by atomic mass is 10.00. The van der Waals surface area contributed by atoms with Gasteiger partial charge in [0.15, 0.2) is 0 Å². The summed E-state index contributed by atoms with van der Waals surface area (Å²) in [5, 5.41) is 0. The average molecular weight is 310 g/mol. The molecule has 0 radical (unpaired) electrons. The Morgan fingerprint density at radius 2 is 2.09 bits per heavy atom. The van der Waals surface area contributed by atoms with Crippen LogP contribution in [0, 0.1) is 5.92 Å². The summed E-state index contributed by atoms with van der Waals surface area (Å²) >= 11 is 0. The van der Waals surface area contributed by atoms with Crippen molar-refractivity contribution in [3.8, 4) is 0 Å². The number of carbonyl (C=O) groups is 2. The Kier molecular flexibility index (Phi) is 4.54. The molecule has 3 rings (SSSR count). The molecule has 0 saturated carbocycles. The molecule has 7 nitrogen and oxygen atoms in total. The van der Waals surface area contributed by atoms with Crippen LogP contribution in [0.1, 0.15) is 25.7 Å². The van der Waals surface area contributed by atoms with Gasteiger partial charge < -0.3 is 14.7 Å². The number of likely N-dealkylation sites (N-methyl/N-ethyl adjacent to an activating group) is 1. The summed E-state index contributed by atoms with van der Waals surface area (Å²) in [6.07, 6.45) is 3.91. The molecule has 3 amide bonds. The molecule has 1 N–H and O–H groups in total. The number of piperidine rings is 2. The summed E-state index contributed by atoms with van der Waals surface area (Å²) in [5.74, 6) is 0.278. The van der Waals surface area contributed by atoms with E-state index in [0.717, 1.165) is 25.9 Å². The van der Waals surface area contributed by atoms with E-state index in [0.29, 0.717) is 25.5 Å². The van der Waals surface area contributed by atoms with Crippen molar-refractivity contribution in [2.24, 2.45) is 5.92 Å². The van der Waals surface area contributed by atoms with Crippen LogP contribution in [-0.4, -0.2) is 79.1 Å². The van der Waals surface area contributed by atoms with Gasteiger partial charge in [-0.15, -0.1) is 0 Å². The third-order valence-electron chi connectivity index (χ3n) is 5.17. The molecular weight excluding hydrogens is 284 g/mol. The molecule has 0 unspecified atom stereocenters. The third kappa shape index (κ3) is 3.05. The number of fused-ring (bicyclic) bond motifs is 2. The standard InChI is InChI=1S/C15H26N4O3/c1-17-7-3-4-11(8-17)10-22-16-14(20)13-6-5-12-9-19(13)15(21)18(12)2/h11-13H,3-10H2,1-2H3,(H,16,20)/t11-,12-,13+/m1/s1. The molecule has 3 fully saturated rings. The molecule has 3 atom stereocenters. The SMILES string of the molecule is CN1CCC[C@@H](CONC(=O)[C@@H]2CC[C@@H]3CN2C(=O)N3C)C1. The van der Waals surface area contributed by atoms with Crippen molar-refractivity contribution in [1.29, 1.82) is 0 Å². The lowest BCUT2D eigenvalue weighted by molar-refractivity contribution is -0.140. The second-order valence-corrected chi connectivity index (χ2v) is 6.84. The van der Waals surface area contributed by atoms with Gasteiger partial charge in [0.05, 0.1) is 12.6 Å². The molecule has 2 bridgehead atoms. The molecule has 3 aliphatic rings. The van der Waals surface area contributed by atoms with E-state index in [1.807, 2.05) is 7.05 Å². The maximum absolute atomic E-state index is 12.3. The third-order valence-corrected chi connectivity index (χ3v) is 5.17. The van der Waals surface area contributed by atoms with E-state index >= 15 is 0 Å². The monoisotopic (exact) mass is 310 g/mol. The highest BCUT2D eigenvalue weighted by atomic mass is 16.7. The van der Waals surface area contributed by atoms with Gasteiger partial charge in [-0.05, 0) is 45.2 Å². The predicted molar refractivity (Wildman–Crippen MR) is 81.0 cm³/mol. The Balaban J connectivity index is 1.45. The zero-order chi connectivity index (χ0) is 15.7. The fraction of sp³-hybridized carbons (Fsp3) is 0.867. The number of nitrogens with zero attached hydrogens (tertiary/aromatic N) is 3. The average Bonchev–Trinajstić information content (AvgIpc) is 2.72. The van der Waals surface area contributed by atoms with Crippen LogP contribution in [0.3, 0.4) is 0 Å². The fourth-order valence-electron chi connectivity index (χ4n) is 3.82. The van der Waals surface area contributed by atoms with Crippen molar-refractivity contribution in [3.05, 3.63) is 0 Å². The van der Waals surface area contributed by atoms with Crippen LogP contribution < -0.4 is 5.48 Å².